The number of thiophene rings is 1. The maximum Gasteiger partial charge on any atom is 0.261 e. The van der Waals surface area contributed by atoms with E-state index in [1.807, 2.05) is 0 Å². The summed E-state index contributed by atoms with van der Waals surface area (Å²) in [4.78, 5) is 17.1. The molecule has 2 saturated heterocycles. The van der Waals surface area contributed by atoms with Crippen LogP contribution in [0, 0.1) is 0 Å². The van der Waals surface area contributed by atoms with Crippen LogP contribution in [0.4, 0.5) is 0 Å². The molecule has 1 spiro atoms. The first-order valence-electron chi connectivity index (χ1n) is 9.33. The number of carbonyl (C=O) groups is 1. The molecule has 4 rings (SSSR count). The summed E-state index contributed by atoms with van der Waals surface area (Å²) >= 11 is 1.65. The van der Waals surface area contributed by atoms with E-state index in [0.717, 1.165) is 76.7 Å². The molecule has 27 heavy (non-hydrogen) atoms. The van der Waals surface area contributed by atoms with Gasteiger partial charge in [-0.05, 0) is 37.6 Å². The standard InChI is InChI=1S/C18H27N3O3S.2ClH/c22-17(20-6-7-21-8-11-23-12-9-21)16-13-14-15(25-16)1-10-24-18(14)2-4-19-5-3-18;;/h13,19H,1-12H2,(H,20,22);2*1H. The molecule has 1 amide bonds. The van der Waals surface area contributed by atoms with Crippen LogP contribution in [0.2, 0.25) is 0 Å². The zero-order valence-electron chi connectivity index (χ0n) is 15.5. The first-order chi connectivity index (χ1) is 12.3. The van der Waals surface area contributed by atoms with Gasteiger partial charge in [-0.25, -0.2) is 0 Å². The minimum Gasteiger partial charge on any atom is -0.379 e. The van der Waals surface area contributed by atoms with E-state index in [2.05, 4.69) is 21.6 Å². The Balaban J connectivity index is 0.00000131. The molecule has 6 nitrogen and oxygen atoms in total. The smallest absolute Gasteiger partial charge is 0.261 e. The van der Waals surface area contributed by atoms with Gasteiger partial charge in [-0.3, -0.25) is 9.69 Å². The number of hydrogen-bond acceptors (Lipinski definition) is 6. The molecule has 2 fully saturated rings. The van der Waals surface area contributed by atoms with Crippen LogP contribution in [0.25, 0.3) is 0 Å². The van der Waals surface area contributed by atoms with Gasteiger partial charge in [0.25, 0.3) is 5.91 Å². The third-order valence-electron chi connectivity index (χ3n) is 5.46. The molecule has 1 aromatic heterocycles. The maximum absolute atomic E-state index is 12.6. The molecule has 0 unspecified atom stereocenters. The largest absolute Gasteiger partial charge is 0.379 e. The topological polar surface area (TPSA) is 62.8 Å². The van der Waals surface area contributed by atoms with Gasteiger partial charge < -0.3 is 20.1 Å². The lowest BCUT2D eigenvalue weighted by Crippen LogP contribution is -2.44. The molecular formula is C18H29Cl2N3O3S. The van der Waals surface area contributed by atoms with Gasteiger partial charge in [-0.2, -0.15) is 0 Å². The highest BCUT2D eigenvalue weighted by atomic mass is 35.5. The maximum atomic E-state index is 12.6. The summed E-state index contributed by atoms with van der Waals surface area (Å²) in [5.41, 5.74) is 1.10. The molecule has 0 aromatic carbocycles. The number of hydrogen-bond donors (Lipinski definition) is 2. The predicted octanol–water partition coefficient (Wildman–Crippen LogP) is 1.81. The zero-order valence-corrected chi connectivity index (χ0v) is 17.9. The summed E-state index contributed by atoms with van der Waals surface area (Å²) < 4.78 is 11.6. The van der Waals surface area contributed by atoms with Crippen LogP contribution in [0.5, 0.6) is 0 Å². The van der Waals surface area contributed by atoms with E-state index >= 15 is 0 Å². The second-order valence-corrected chi connectivity index (χ2v) is 8.14. The quantitative estimate of drug-likeness (QED) is 0.751. The van der Waals surface area contributed by atoms with Crippen molar-refractivity contribution in [2.45, 2.75) is 24.9 Å². The van der Waals surface area contributed by atoms with Gasteiger partial charge in [-0.1, -0.05) is 0 Å². The van der Waals surface area contributed by atoms with E-state index in [0.29, 0.717) is 6.54 Å². The number of nitrogens with zero attached hydrogens (tertiary/aromatic N) is 1. The molecule has 0 aliphatic carbocycles. The first-order valence-corrected chi connectivity index (χ1v) is 10.1. The van der Waals surface area contributed by atoms with Gasteiger partial charge >= 0.3 is 0 Å². The van der Waals surface area contributed by atoms with Gasteiger partial charge in [0.1, 0.15) is 0 Å². The normalized spacial score (nSPS) is 21.6. The van der Waals surface area contributed by atoms with E-state index in [1.54, 1.807) is 11.3 Å². The van der Waals surface area contributed by atoms with Gasteiger partial charge in [-0.15, -0.1) is 36.2 Å². The van der Waals surface area contributed by atoms with Crippen molar-refractivity contribution in [1.82, 2.24) is 15.5 Å². The Morgan fingerprint density at radius 2 is 1.96 bits per heavy atom. The third-order valence-corrected chi connectivity index (χ3v) is 6.65. The second-order valence-electron chi connectivity index (χ2n) is 7.00. The predicted molar refractivity (Wildman–Crippen MR) is 112 cm³/mol. The number of rotatable bonds is 4. The zero-order chi connectivity index (χ0) is 17.1. The van der Waals surface area contributed by atoms with E-state index < -0.39 is 0 Å². The van der Waals surface area contributed by atoms with Gasteiger partial charge in [0.15, 0.2) is 0 Å². The Morgan fingerprint density at radius 3 is 2.70 bits per heavy atom. The average molecular weight is 438 g/mol. The van der Waals surface area contributed by atoms with Gasteiger partial charge in [0.05, 0.1) is 30.3 Å². The molecule has 0 atom stereocenters. The molecule has 3 aliphatic heterocycles. The molecule has 4 heterocycles. The van der Waals surface area contributed by atoms with Crippen LogP contribution in [-0.2, 0) is 21.5 Å². The number of nitrogens with one attached hydrogen (secondary N) is 2. The highest BCUT2D eigenvalue weighted by molar-refractivity contribution is 7.14. The van der Waals surface area contributed by atoms with Crippen molar-refractivity contribution in [2.75, 3.05) is 59.1 Å². The van der Waals surface area contributed by atoms with Gasteiger partial charge in [0, 0.05) is 37.5 Å². The average Bonchev–Trinajstić information content (AvgIpc) is 3.10. The number of piperidine rings is 1. The molecule has 0 bridgehead atoms. The summed E-state index contributed by atoms with van der Waals surface area (Å²) in [6.45, 7) is 7.81. The molecule has 154 valence electrons. The van der Waals surface area contributed by atoms with Crippen LogP contribution < -0.4 is 10.6 Å². The summed E-state index contributed by atoms with van der Waals surface area (Å²) in [6, 6.07) is 2.09. The second kappa shape index (κ2) is 10.4. The van der Waals surface area contributed by atoms with E-state index in [9.17, 15) is 4.79 Å². The van der Waals surface area contributed by atoms with Crippen molar-refractivity contribution in [2.24, 2.45) is 0 Å². The molecule has 2 N–H and O–H groups in total. The summed E-state index contributed by atoms with van der Waals surface area (Å²) in [6.07, 6.45) is 2.92. The Kier molecular flexibility index (Phi) is 8.80. The molecule has 0 saturated carbocycles. The number of morpholine rings is 1. The van der Waals surface area contributed by atoms with Crippen LogP contribution >= 0.6 is 36.2 Å². The van der Waals surface area contributed by atoms with Crippen LogP contribution in [-0.4, -0.2) is 69.9 Å². The SMILES string of the molecule is Cl.Cl.O=C(NCCN1CCOCC1)c1cc2c(s1)CCOC21CCNCC1. The molecule has 1 aromatic rings. The fourth-order valence-corrected chi connectivity index (χ4v) is 5.16. The number of fused-ring (bicyclic) bond motifs is 2. The van der Waals surface area contributed by atoms with Crippen molar-refractivity contribution in [1.29, 1.82) is 0 Å². The third kappa shape index (κ3) is 5.15. The molecule has 9 heteroatoms. The van der Waals surface area contributed by atoms with Crippen molar-refractivity contribution in [3.05, 3.63) is 21.4 Å². The fraction of sp³-hybridized carbons (Fsp3) is 0.722. The number of halogens is 2. The van der Waals surface area contributed by atoms with Crippen molar-refractivity contribution in [3.63, 3.8) is 0 Å². The lowest BCUT2D eigenvalue weighted by Gasteiger charge is -2.40. The number of ether oxygens (including phenoxy) is 2. The van der Waals surface area contributed by atoms with Crippen LogP contribution in [0.1, 0.15) is 33.0 Å². The van der Waals surface area contributed by atoms with Gasteiger partial charge in [0.2, 0.25) is 0 Å². The lowest BCUT2D eigenvalue weighted by atomic mass is 9.83. The molecule has 3 aliphatic rings. The summed E-state index contributed by atoms with van der Waals surface area (Å²) in [5, 5.41) is 6.49. The Bertz CT molecular complexity index is 617. The summed E-state index contributed by atoms with van der Waals surface area (Å²) in [7, 11) is 0. The van der Waals surface area contributed by atoms with Crippen molar-refractivity contribution in [3.8, 4) is 0 Å². The van der Waals surface area contributed by atoms with E-state index in [-0.39, 0.29) is 36.3 Å². The molecular weight excluding hydrogens is 409 g/mol. The minimum atomic E-state index is -0.165. The Morgan fingerprint density at radius 1 is 1.22 bits per heavy atom. The fourth-order valence-electron chi connectivity index (χ4n) is 4.01. The van der Waals surface area contributed by atoms with Crippen molar-refractivity contribution >= 4 is 42.1 Å². The highest BCUT2D eigenvalue weighted by Crippen LogP contribution is 2.43. The Labute approximate surface area is 177 Å². The minimum absolute atomic E-state index is 0. The van der Waals surface area contributed by atoms with E-state index in [4.69, 9.17) is 9.47 Å². The highest BCUT2D eigenvalue weighted by Gasteiger charge is 2.40. The molecule has 0 radical (unpaired) electrons. The van der Waals surface area contributed by atoms with Crippen LogP contribution in [0.15, 0.2) is 6.07 Å². The number of amides is 1. The van der Waals surface area contributed by atoms with Crippen molar-refractivity contribution < 1.29 is 14.3 Å². The Hall–Kier alpha value is -0.410. The number of carbonyl (C=O) groups excluding carboxylic acids is 1. The summed E-state index contributed by atoms with van der Waals surface area (Å²) in [5.74, 6) is 0.0525. The monoisotopic (exact) mass is 437 g/mol. The lowest BCUT2D eigenvalue weighted by molar-refractivity contribution is -0.0792. The first kappa shape index (κ1) is 22.9. The van der Waals surface area contributed by atoms with Crippen LogP contribution in [0.3, 0.4) is 0 Å². The van der Waals surface area contributed by atoms with E-state index in [1.165, 1.54) is 10.4 Å².